The lowest BCUT2D eigenvalue weighted by molar-refractivity contribution is 0.324. The van der Waals surface area contributed by atoms with E-state index in [2.05, 4.69) is 12.1 Å². The molecule has 0 heterocycles. The molecule has 0 amide bonds. The molecular formula is C20H22O5. The Hall–Kier alpha value is -2.82. The number of fused-ring (bicyclic) bond motifs is 1. The van der Waals surface area contributed by atoms with Crippen molar-refractivity contribution in [2.24, 2.45) is 0 Å². The van der Waals surface area contributed by atoms with Crippen LogP contribution in [-0.4, -0.2) is 35.5 Å². The summed E-state index contributed by atoms with van der Waals surface area (Å²) >= 11 is 0. The third kappa shape index (κ3) is 2.76. The molecule has 1 aliphatic rings. The van der Waals surface area contributed by atoms with Crippen molar-refractivity contribution in [3.05, 3.63) is 47.0 Å². The van der Waals surface area contributed by atoms with Crippen LogP contribution >= 0.6 is 0 Å². The first-order valence-electron chi connectivity index (χ1n) is 7.93. The Bertz CT molecular complexity index is 798. The number of ether oxygens (including phenoxy) is 5. The number of hydrogen-bond acceptors (Lipinski definition) is 5. The summed E-state index contributed by atoms with van der Waals surface area (Å²) in [6, 6.07) is 7.89. The smallest absolute Gasteiger partial charge is 0.203 e. The van der Waals surface area contributed by atoms with Crippen LogP contribution in [0.3, 0.4) is 0 Å². The normalized spacial score (nSPS) is 12.3. The second-order valence-corrected chi connectivity index (χ2v) is 5.56. The van der Waals surface area contributed by atoms with E-state index in [0.29, 0.717) is 17.2 Å². The van der Waals surface area contributed by atoms with Crippen LogP contribution in [0.2, 0.25) is 0 Å². The molecule has 0 aliphatic heterocycles. The van der Waals surface area contributed by atoms with Gasteiger partial charge in [0.05, 0.1) is 35.5 Å². The van der Waals surface area contributed by atoms with Gasteiger partial charge in [-0.15, -0.1) is 0 Å². The van der Waals surface area contributed by atoms with Gasteiger partial charge in [0.15, 0.2) is 23.0 Å². The van der Waals surface area contributed by atoms with E-state index in [4.69, 9.17) is 23.7 Å². The van der Waals surface area contributed by atoms with Gasteiger partial charge in [-0.3, -0.25) is 0 Å². The first-order chi connectivity index (χ1) is 12.2. The molecule has 0 radical (unpaired) electrons. The predicted molar refractivity (Wildman–Crippen MR) is 96.4 cm³/mol. The van der Waals surface area contributed by atoms with E-state index in [1.165, 1.54) is 0 Å². The lowest BCUT2D eigenvalue weighted by Crippen LogP contribution is -1.98. The molecule has 0 fully saturated rings. The number of hydrogen-bond donors (Lipinski definition) is 0. The Morgan fingerprint density at radius 2 is 1.28 bits per heavy atom. The van der Waals surface area contributed by atoms with Gasteiger partial charge in [-0.25, -0.2) is 0 Å². The van der Waals surface area contributed by atoms with Gasteiger partial charge in [0.25, 0.3) is 0 Å². The van der Waals surface area contributed by atoms with Crippen LogP contribution in [0, 0.1) is 0 Å². The quantitative estimate of drug-likeness (QED) is 0.801. The number of allylic oxidation sites excluding steroid dienone is 1. The molecule has 5 nitrogen and oxygen atoms in total. The van der Waals surface area contributed by atoms with Crippen LogP contribution in [0.4, 0.5) is 0 Å². The number of methoxy groups -OCH3 is 5. The molecule has 25 heavy (non-hydrogen) atoms. The molecule has 0 spiro atoms. The highest BCUT2D eigenvalue weighted by atomic mass is 16.5. The molecule has 0 saturated carbocycles. The summed E-state index contributed by atoms with van der Waals surface area (Å²) in [6.45, 7) is 0. The van der Waals surface area contributed by atoms with Crippen molar-refractivity contribution in [1.82, 2.24) is 0 Å². The maximum absolute atomic E-state index is 5.56. The van der Waals surface area contributed by atoms with Crippen LogP contribution in [0.25, 0.3) is 5.57 Å². The minimum Gasteiger partial charge on any atom is -0.493 e. The van der Waals surface area contributed by atoms with Gasteiger partial charge < -0.3 is 23.7 Å². The summed E-state index contributed by atoms with van der Waals surface area (Å²) in [4.78, 5) is 0. The van der Waals surface area contributed by atoms with Crippen molar-refractivity contribution in [1.29, 1.82) is 0 Å². The highest BCUT2D eigenvalue weighted by Crippen LogP contribution is 2.46. The van der Waals surface area contributed by atoms with E-state index < -0.39 is 0 Å². The monoisotopic (exact) mass is 342 g/mol. The van der Waals surface area contributed by atoms with Crippen molar-refractivity contribution in [3.63, 3.8) is 0 Å². The Kier molecular flexibility index (Phi) is 4.74. The van der Waals surface area contributed by atoms with E-state index in [1.54, 1.807) is 35.5 Å². The molecule has 0 bridgehead atoms. The van der Waals surface area contributed by atoms with Crippen LogP contribution in [0.15, 0.2) is 30.3 Å². The molecule has 2 aromatic rings. The van der Waals surface area contributed by atoms with E-state index in [9.17, 15) is 0 Å². The largest absolute Gasteiger partial charge is 0.493 e. The van der Waals surface area contributed by atoms with E-state index in [0.717, 1.165) is 40.2 Å². The third-order valence-electron chi connectivity index (χ3n) is 4.42. The van der Waals surface area contributed by atoms with Crippen molar-refractivity contribution < 1.29 is 23.7 Å². The van der Waals surface area contributed by atoms with Gasteiger partial charge in [-0.2, -0.15) is 0 Å². The molecule has 1 aliphatic carbocycles. The summed E-state index contributed by atoms with van der Waals surface area (Å²) in [5, 5.41) is 0. The van der Waals surface area contributed by atoms with Gasteiger partial charge in [0, 0.05) is 5.56 Å². The summed E-state index contributed by atoms with van der Waals surface area (Å²) in [5.41, 5.74) is 4.34. The first kappa shape index (κ1) is 17.0. The van der Waals surface area contributed by atoms with Gasteiger partial charge in [-0.1, -0.05) is 12.1 Å². The van der Waals surface area contributed by atoms with Crippen molar-refractivity contribution in [2.45, 2.75) is 6.42 Å². The molecule has 0 aromatic heterocycles. The number of benzene rings is 2. The van der Waals surface area contributed by atoms with Crippen molar-refractivity contribution >= 4 is 5.57 Å². The van der Waals surface area contributed by atoms with E-state index in [1.807, 2.05) is 18.2 Å². The number of rotatable bonds is 6. The highest BCUT2D eigenvalue weighted by Gasteiger charge is 2.24. The fourth-order valence-corrected chi connectivity index (χ4v) is 3.27. The highest BCUT2D eigenvalue weighted by molar-refractivity contribution is 5.88. The zero-order chi connectivity index (χ0) is 18.0. The molecule has 2 aromatic carbocycles. The summed E-state index contributed by atoms with van der Waals surface area (Å²) in [6.07, 6.45) is 2.95. The molecule has 0 atom stereocenters. The Balaban J connectivity index is 2.12. The van der Waals surface area contributed by atoms with E-state index >= 15 is 0 Å². The first-order valence-corrected chi connectivity index (χ1v) is 7.93. The molecule has 5 heteroatoms. The Labute approximate surface area is 147 Å². The molecule has 0 N–H and O–H groups in total. The lowest BCUT2D eigenvalue weighted by atomic mass is 9.97. The van der Waals surface area contributed by atoms with Crippen molar-refractivity contribution in [3.8, 4) is 28.7 Å². The molecule has 132 valence electrons. The maximum Gasteiger partial charge on any atom is 0.203 e. The molecular weight excluding hydrogens is 320 g/mol. The van der Waals surface area contributed by atoms with Crippen LogP contribution in [-0.2, 0) is 6.42 Å². The molecule has 0 unspecified atom stereocenters. The van der Waals surface area contributed by atoms with Gasteiger partial charge in [0.2, 0.25) is 5.75 Å². The predicted octanol–water partition coefficient (Wildman–Crippen LogP) is 3.72. The molecule has 3 rings (SSSR count). The van der Waals surface area contributed by atoms with Gasteiger partial charge in [-0.05, 0) is 41.3 Å². The maximum atomic E-state index is 5.56. The molecule has 0 saturated heterocycles. The summed E-state index contributed by atoms with van der Waals surface area (Å²) in [7, 11) is 8.14. The zero-order valence-corrected chi connectivity index (χ0v) is 15.1. The Morgan fingerprint density at radius 1 is 0.680 bits per heavy atom. The van der Waals surface area contributed by atoms with E-state index in [-0.39, 0.29) is 0 Å². The van der Waals surface area contributed by atoms with Crippen LogP contribution < -0.4 is 23.7 Å². The summed E-state index contributed by atoms with van der Waals surface area (Å²) < 4.78 is 27.3. The second-order valence-electron chi connectivity index (χ2n) is 5.56. The minimum atomic E-state index is 0.583. The SMILES string of the molecule is COc1cc(C2=CCc3c2ccc(OC)c3OC)cc(OC)c1OC. The fourth-order valence-electron chi connectivity index (χ4n) is 3.27. The van der Waals surface area contributed by atoms with Crippen molar-refractivity contribution in [2.75, 3.05) is 35.5 Å². The topological polar surface area (TPSA) is 46.2 Å². The average Bonchev–Trinajstić information content (AvgIpc) is 3.09. The van der Waals surface area contributed by atoms with Gasteiger partial charge >= 0.3 is 0 Å². The fraction of sp³-hybridized carbons (Fsp3) is 0.300. The zero-order valence-electron chi connectivity index (χ0n) is 15.1. The Morgan fingerprint density at radius 3 is 1.80 bits per heavy atom. The standard InChI is InChI=1S/C20H22O5/c1-21-16-9-8-14-13(6-7-15(14)19(16)24-4)12-10-17(22-2)20(25-5)18(11-12)23-3/h6,8-11H,7H2,1-5H3. The van der Waals surface area contributed by atoms with Crippen LogP contribution in [0.5, 0.6) is 28.7 Å². The minimum absolute atomic E-state index is 0.583. The average molecular weight is 342 g/mol. The third-order valence-corrected chi connectivity index (χ3v) is 4.42. The second kappa shape index (κ2) is 6.97. The lowest BCUT2D eigenvalue weighted by Gasteiger charge is -2.16. The van der Waals surface area contributed by atoms with Crippen LogP contribution in [0.1, 0.15) is 16.7 Å². The summed E-state index contributed by atoms with van der Waals surface area (Å²) in [5.74, 6) is 3.36. The van der Waals surface area contributed by atoms with Gasteiger partial charge in [0.1, 0.15) is 0 Å².